The van der Waals surface area contributed by atoms with Gasteiger partial charge in [-0.25, -0.2) is 0 Å². The molecule has 0 radical (unpaired) electrons. The molecule has 0 atom stereocenters. The van der Waals surface area contributed by atoms with Crippen LogP contribution in [0.25, 0.3) is 15.7 Å². The van der Waals surface area contributed by atoms with Crippen molar-refractivity contribution in [2.24, 2.45) is 0 Å². The SMILES string of the molecule is COCCc1nnc2sc(COc3ccc4ccccc4c3)nn12. The quantitative estimate of drug-likeness (QED) is 0.540. The van der Waals surface area contributed by atoms with Crippen LogP contribution in [0.2, 0.25) is 0 Å². The van der Waals surface area contributed by atoms with Gasteiger partial charge in [0.15, 0.2) is 10.8 Å². The van der Waals surface area contributed by atoms with Crippen molar-refractivity contribution in [2.75, 3.05) is 13.7 Å². The van der Waals surface area contributed by atoms with E-state index in [0.717, 1.165) is 26.9 Å². The first kappa shape index (κ1) is 15.0. The fourth-order valence-electron chi connectivity index (χ4n) is 2.51. The molecule has 2 aromatic carbocycles. The van der Waals surface area contributed by atoms with Crippen LogP contribution in [0.1, 0.15) is 10.8 Å². The maximum Gasteiger partial charge on any atom is 0.234 e. The number of hydrogen-bond acceptors (Lipinski definition) is 6. The van der Waals surface area contributed by atoms with Crippen molar-refractivity contribution in [2.45, 2.75) is 13.0 Å². The van der Waals surface area contributed by atoms with Crippen LogP contribution in [0, 0.1) is 0 Å². The number of aromatic nitrogens is 4. The molecule has 0 bridgehead atoms. The highest BCUT2D eigenvalue weighted by Gasteiger charge is 2.12. The Bertz CT molecular complexity index is 979. The number of methoxy groups -OCH3 is 1. The Morgan fingerprint density at radius 1 is 1.08 bits per heavy atom. The third-order valence-electron chi connectivity index (χ3n) is 3.71. The number of hydrogen-bond donors (Lipinski definition) is 0. The van der Waals surface area contributed by atoms with Crippen LogP contribution in [-0.4, -0.2) is 33.5 Å². The molecule has 4 rings (SSSR count). The van der Waals surface area contributed by atoms with E-state index in [2.05, 4.69) is 33.5 Å². The molecule has 2 heterocycles. The minimum Gasteiger partial charge on any atom is -0.486 e. The number of rotatable bonds is 6. The molecule has 0 N–H and O–H groups in total. The number of fused-ring (bicyclic) bond motifs is 2. The highest BCUT2D eigenvalue weighted by Crippen LogP contribution is 2.22. The predicted molar refractivity (Wildman–Crippen MR) is 92.5 cm³/mol. The monoisotopic (exact) mass is 340 g/mol. The lowest BCUT2D eigenvalue weighted by Gasteiger charge is -2.05. The molecular formula is C17H16N4O2S. The molecular weight excluding hydrogens is 324 g/mol. The van der Waals surface area contributed by atoms with E-state index in [0.29, 0.717) is 19.6 Å². The van der Waals surface area contributed by atoms with Gasteiger partial charge in [-0.2, -0.15) is 9.61 Å². The Hall–Kier alpha value is -2.51. The van der Waals surface area contributed by atoms with Crippen molar-refractivity contribution in [1.29, 1.82) is 0 Å². The van der Waals surface area contributed by atoms with Crippen LogP contribution < -0.4 is 4.74 Å². The van der Waals surface area contributed by atoms with E-state index in [1.165, 1.54) is 16.7 Å². The summed E-state index contributed by atoms with van der Waals surface area (Å²) in [4.78, 5) is 0.776. The second kappa shape index (κ2) is 6.54. The molecule has 7 heteroatoms. The van der Waals surface area contributed by atoms with E-state index >= 15 is 0 Å². The third kappa shape index (κ3) is 2.95. The van der Waals surface area contributed by atoms with E-state index < -0.39 is 0 Å². The smallest absolute Gasteiger partial charge is 0.234 e. The second-order valence-electron chi connectivity index (χ2n) is 5.35. The van der Waals surface area contributed by atoms with Crippen molar-refractivity contribution in [1.82, 2.24) is 19.8 Å². The van der Waals surface area contributed by atoms with Crippen LogP contribution in [0.3, 0.4) is 0 Å². The summed E-state index contributed by atoms with van der Waals surface area (Å²) in [6.45, 7) is 1.01. The van der Waals surface area contributed by atoms with Gasteiger partial charge in [0.25, 0.3) is 0 Å². The zero-order valence-corrected chi connectivity index (χ0v) is 14.0. The Kier molecular flexibility index (Phi) is 4.10. The lowest BCUT2D eigenvalue weighted by molar-refractivity contribution is 0.200. The van der Waals surface area contributed by atoms with Gasteiger partial charge < -0.3 is 9.47 Å². The highest BCUT2D eigenvalue weighted by atomic mass is 32.1. The molecule has 2 aromatic heterocycles. The van der Waals surface area contributed by atoms with Gasteiger partial charge in [0, 0.05) is 13.5 Å². The fourth-order valence-corrected chi connectivity index (χ4v) is 3.27. The van der Waals surface area contributed by atoms with Crippen LogP contribution in [0.15, 0.2) is 42.5 Å². The minimum atomic E-state index is 0.413. The van der Waals surface area contributed by atoms with Gasteiger partial charge in [0.05, 0.1) is 6.61 Å². The van der Waals surface area contributed by atoms with Crippen LogP contribution in [-0.2, 0) is 17.8 Å². The van der Waals surface area contributed by atoms with E-state index in [1.807, 2.05) is 24.3 Å². The van der Waals surface area contributed by atoms with Gasteiger partial charge in [0.1, 0.15) is 12.4 Å². The molecule has 122 valence electrons. The molecule has 24 heavy (non-hydrogen) atoms. The molecule has 0 spiro atoms. The van der Waals surface area contributed by atoms with Crippen molar-refractivity contribution in [3.05, 3.63) is 53.3 Å². The topological polar surface area (TPSA) is 61.5 Å². The van der Waals surface area contributed by atoms with Gasteiger partial charge in [-0.15, -0.1) is 10.2 Å². The Morgan fingerprint density at radius 2 is 1.96 bits per heavy atom. The first-order chi connectivity index (χ1) is 11.8. The standard InChI is InChI=1S/C17H16N4O2S/c1-22-9-8-15-18-19-17-21(15)20-16(24-17)11-23-14-7-6-12-4-2-3-5-13(12)10-14/h2-7,10H,8-9,11H2,1H3. The fraction of sp³-hybridized carbons (Fsp3) is 0.235. The molecule has 0 aliphatic rings. The van der Waals surface area contributed by atoms with Crippen LogP contribution >= 0.6 is 11.3 Å². The largest absolute Gasteiger partial charge is 0.486 e. The first-order valence-corrected chi connectivity index (χ1v) is 8.45. The number of benzene rings is 2. The highest BCUT2D eigenvalue weighted by molar-refractivity contribution is 7.16. The van der Waals surface area contributed by atoms with E-state index in [-0.39, 0.29) is 0 Å². The summed E-state index contributed by atoms with van der Waals surface area (Å²) >= 11 is 1.49. The molecule has 0 saturated carbocycles. The molecule has 6 nitrogen and oxygen atoms in total. The predicted octanol–water partition coefficient (Wildman–Crippen LogP) is 3.11. The zero-order valence-electron chi connectivity index (χ0n) is 13.2. The van der Waals surface area contributed by atoms with Gasteiger partial charge in [-0.1, -0.05) is 41.7 Å². The molecule has 0 aliphatic carbocycles. The Balaban J connectivity index is 1.50. The van der Waals surface area contributed by atoms with Gasteiger partial charge in [0.2, 0.25) is 4.96 Å². The van der Waals surface area contributed by atoms with Crippen LogP contribution in [0.4, 0.5) is 0 Å². The average molecular weight is 340 g/mol. The van der Waals surface area contributed by atoms with Crippen molar-refractivity contribution >= 4 is 27.1 Å². The average Bonchev–Trinajstić information content (AvgIpc) is 3.18. The molecule has 0 saturated heterocycles. The summed E-state index contributed by atoms with van der Waals surface area (Å²) in [7, 11) is 1.67. The second-order valence-corrected chi connectivity index (χ2v) is 6.39. The zero-order chi connectivity index (χ0) is 16.4. The van der Waals surface area contributed by atoms with Crippen molar-refractivity contribution < 1.29 is 9.47 Å². The summed E-state index contributed by atoms with van der Waals surface area (Å²) in [5, 5.41) is 16.0. The third-order valence-corrected chi connectivity index (χ3v) is 4.58. The Labute approximate surface area is 142 Å². The summed E-state index contributed by atoms with van der Waals surface area (Å²) in [5.41, 5.74) is 0. The first-order valence-electron chi connectivity index (χ1n) is 7.64. The molecule has 0 fully saturated rings. The maximum absolute atomic E-state index is 5.88. The van der Waals surface area contributed by atoms with E-state index in [4.69, 9.17) is 9.47 Å². The normalized spacial score (nSPS) is 11.4. The number of nitrogens with zero attached hydrogens (tertiary/aromatic N) is 4. The van der Waals surface area contributed by atoms with Gasteiger partial charge in [-0.05, 0) is 22.9 Å². The lowest BCUT2D eigenvalue weighted by Crippen LogP contribution is -2.02. The maximum atomic E-state index is 5.88. The molecule has 0 unspecified atom stereocenters. The lowest BCUT2D eigenvalue weighted by atomic mass is 10.1. The summed E-state index contributed by atoms with van der Waals surface area (Å²) in [5.74, 6) is 1.64. The minimum absolute atomic E-state index is 0.413. The van der Waals surface area contributed by atoms with Gasteiger partial charge >= 0.3 is 0 Å². The van der Waals surface area contributed by atoms with E-state index in [1.54, 1.807) is 11.6 Å². The van der Waals surface area contributed by atoms with E-state index in [9.17, 15) is 0 Å². The molecule has 0 aliphatic heterocycles. The Morgan fingerprint density at radius 3 is 2.83 bits per heavy atom. The van der Waals surface area contributed by atoms with Crippen molar-refractivity contribution in [3.8, 4) is 5.75 Å². The molecule has 0 amide bonds. The summed E-state index contributed by atoms with van der Waals surface area (Å²) in [6, 6.07) is 14.3. The van der Waals surface area contributed by atoms with Gasteiger partial charge in [-0.3, -0.25) is 0 Å². The van der Waals surface area contributed by atoms with Crippen molar-refractivity contribution in [3.63, 3.8) is 0 Å². The number of ether oxygens (including phenoxy) is 2. The molecule has 4 aromatic rings. The summed E-state index contributed by atoms with van der Waals surface area (Å²) in [6.07, 6.45) is 0.687. The summed E-state index contributed by atoms with van der Waals surface area (Å²) < 4.78 is 12.7. The van der Waals surface area contributed by atoms with Crippen LogP contribution in [0.5, 0.6) is 5.75 Å².